The highest BCUT2D eigenvalue weighted by Crippen LogP contribution is 2.57. The van der Waals surface area contributed by atoms with E-state index in [1.807, 2.05) is 0 Å². The molecular weight excluding hydrogens is 496 g/mol. The van der Waals surface area contributed by atoms with Crippen LogP contribution in [0.15, 0.2) is 42.5 Å². The first-order valence-electron chi connectivity index (χ1n) is 10.3. The van der Waals surface area contributed by atoms with Crippen molar-refractivity contribution in [3.05, 3.63) is 59.1 Å². The molecule has 0 bridgehead atoms. The summed E-state index contributed by atoms with van der Waals surface area (Å²) in [5, 5.41) is 8.03. The van der Waals surface area contributed by atoms with E-state index in [0.717, 1.165) is 17.0 Å². The molecule has 0 radical (unpaired) electrons. The van der Waals surface area contributed by atoms with Gasteiger partial charge < -0.3 is 4.90 Å². The molecule has 5 nitrogen and oxygen atoms in total. The van der Waals surface area contributed by atoms with Gasteiger partial charge in [0.2, 0.25) is 5.28 Å². The minimum Gasteiger partial charge on any atom is -0.320 e. The van der Waals surface area contributed by atoms with Crippen LogP contribution in [-0.4, -0.2) is 38.7 Å². The first-order valence-corrected chi connectivity index (χ1v) is 10.7. The van der Waals surface area contributed by atoms with Gasteiger partial charge in [-0.25, -0.2) is 17.6 Å². The topological polar surface area (TPSA) is 46.3 Å². The Morgan fingerprint density at radius 1 is 1.11 bits per heavy atom. The Labute approximate surface area is 199 Å². The molecule has 1 saturated carbocycles. The molecule has 1 fully saturated rings. The summed E-state index contributed by atoms with van der Waals surface area (Å²) in [4.78, 5) is 5.40. The molecule has 5 rings (SSSR count). The zero-order valence-electron chi connectivity index (χ0n) is 17.6. The maximum atomic E-state index is 14.5. The van der Waals surface area contributed by atoms with E-state index in [0.29, 0.717) is 10.9 Å². The van der Waals surface area contributed by atoms with E-state index < -0.39 is 30.4 Å². The van der Waals surface area contributed by atoms with Gasteiger partial charge in [0.05, 0.1) is 12.1 Å². The molecule has 180 valence electrons. The second-order valence-corrected chi connectivity index (χ2v) is 8.42. The lowest BCUT2D eigenvalue weighted by atomic mass is 10.1. The smallest absolute Gasteiger partial charge is 0.320 e. The number of para-hydroxylation sites is 1. The minimum atomic E-state index is -4.50. The molecule has 35 heavy (non-hydrogen) atoms. The van der Waals surface area contributed by atoms with Gasteiger partial charge in [0.25, 0.3) is 12.2 Å². The van der Waals surface area contributed by atoms with Crippen molar-refractivity contribution in [1.29, 1.82) is 0 Å². The molecule has 0 amide bonds. The Morgan fingerprint density at radius 3 is 2.54 bits per heavy atom. The normalized spacial score (nSPS) is 14.9. The fourth-order valence-corrected chi connectivity index (χ4v) is 4.01. The summed E-state index contributed by atoms with van der Waals surface area (Å²) in [6, 6.07) is 9.83. The highest BCUT2D eigenvalue weighted by molar-refractivity contribution is 6.29. The molecule has 1 aliphatic carbocycles. The lowest BCUT2D eigenvalue weighted by molar-refractivity contribution is -0.168. The van der Waals surface area contributed by atoms with Gasteiger partial charge in [0.1, 0.15) is 17.1 Å². The Bertz CT molecular complexity index is 1500. The van der Waals surface area contributed by atoms with Crippen molar-refractivity contribution >= 4 is 39.8 Å². The maximum Gasteiger partial charge on any atom is 0.405 e. The van der Waals surface area contributed by atoms with Crippen molar-refractivity contribution in [1.82, 2.24) is 19.6 Å². The van der Waals surface area contributed by atoms with Crippen LogP contribution in [0, 0.1) is 23.1 Å². The van der Waals surface area contributed by atoms with E-state index in [-0.39, 0.29) is 41.0 Å². The SMILES string of the molecule is Fc1cc(C#CC2(C(F)(F)F)CC2)cc(N(CC(F)F)c2nc3nnc(Cl)n3c3ccccc23)c1. The largest absolute Gasteiger partial charge is 0.405 e. The summed E-state index contributed by atoms with van der Waals surface area (Å²) in [6.45, 7) is -0.877. The molecule has 0 saturated heterocycles. The number of anilines is 2. The van der Waals surface area contributed by atoms with E-state index in [1.54, 1.807) is 24.3 Å². The average Bonchev–Trinajstić information content (AvgIpc) is 3.52. The van der Waals surface area contributed by atoms with Gasteiger partial charge in [-0.2, -0.15) is 18.2 Å². The predicted molar refractivity (Wildman–Crippen MR) is 117 cm³/mol. The van der Waals surface area contributed by atoms with Gasteiger partial charge in [0.15, 0.2) is 0 Å². The van der Waals surface area contributed by atoms with E-state index >= 15 is 0 Å². The van der Waals surface area contributed by atoms with Gasteiger partial charge >= 0.3 is 6.18 Å². The van der Waals surface area contributed by atoms with Crippen LogP contribution in [0.25, 0.3) is 16.7 Å². The number of aromatic nitrogens is 4. The monoisotopic (exact) mass is 509 g/mol. The summed E-state index contributed by atoms with van der Waals surface area (Å²) in [5.74, 6) is 3.78. The van der Waals surface area contributed by atoms with Gasteiger partial charge in [-0.15, -0.1) is 10.2 Å². The van der Waals surface area contributed by atoms with Crippen molar-refractivity contribution < 1.29 is 26.3 Å². The first kappa shape index (κ1) is 23.2. The van der Waals surface area contributed by atoms with Crippen LogP contribution in [0.1, 0.15) is 18.4 Å². The van der Waals surface area contributed by atoms with Crippen molar-refractivity contribution in [3.8, 4) is 11.8 Å². The lowest BCUT2D eigenvalue weighted by Gasteiger charge is -2.25. The standard InChI is InChI=1S/C23H14ClF6N5/c24-20-32-33-21-31-19(16-3-1-2-4-17(16)35(20)21)34(12-18(26)27)15-10-13(9-14(25)11-15)5-6-22(7-8-22)23(28,29)30/h1-4,9-11,18H,7-8,12H2. The summed E-state index contributed by atoms with van der Waals surface area (Å²) < 4.78 is 82.9. The highest BCUT2D eigenvalue weighted by Gasteiger charge is 2.62. The molecule has 1 aliphatic rings. The van der Waals surface area contributed by atoms with Crippen molar-refractivity contribution in [2.24, 2.45) is 5.41 Å². The van der Waals surface area contributed by atoms with Gasteiger partial charge in [-0.1, -0.05) is 24.0 Å². The molecule has 0 N–H and O–H groups in total. The fourth-order valence-electron chi connectivity index (χ4n) is 3.81. The van der Waals surface area contributed by atoms with Crippen molar-refractivity contribution in [2.75, 3.05) is 11.4 Å². The summed E-state index contributed by atoms with van der Waals surface area (Å²) >= 11 is 6.11. The van der Waals surface area contributed by atoms with E-state index in [1.165, 1.54) is 10.5 Å². The molecule has 2 aromatic carbocycles. The Hall–Kier alpha value is -3.52. The van der Waals surface area contributed by atoms with Crippen LogP contribution in [0.5, 0.6) is 0 Å². The average molecular weight is 510 g/mol. The zero-order chi connectivity index (χ0) is 25.0. The van der Waals surface area contributed by atoms with E-state index in [4.69, 9.17) is 11.6 Å². The number of benzene rings is 2. The van der Waals surface area contributed by atoms with Crippen LogP contribution in [0.4, 0.5) is 37.8 Å². The van der Waals surface area contributed by atoms with Crippen molar-refractivity contribution in [2.45, 2.75) is 25.4 Å². The number of alkyl halides is 5. The Balaban J connectivity index is 1.66. The quantitative estimate of drug-likeness (QED) is 0.244. The van der Waals surface area contributed by atoms with E-state index in [9.17, 15) is 26.3 Å². The lowest BCUT2D eigenvalue weighted by Crippen LogP contribution is -2.25. The fraction of sp³-hybridized carbons (Fsp3) is 0.261. The molecule has 4 aromatic rings. The Morgan fingerprint density at radius 2 is 1.86 bits per heavy atom. The molecular formula is C23H14ClF6N5. The first-order chi connectivity index (χ1) is 16.6. The number of halogens is 7. The molecule has 12 heteroatoms. The van der Waals surface area contributed by atoms with Crippen LogP contribution < -0.4 is 4.90 Å². The molecule has 0 unspecified atom stereocenters. The van der Waals surface area contributed by atoms with Crippen LogP contribution in [0.2, 0.25) is 5.28 Å². The molecule has 2 heterocycles. The molecule has 0 spiro atoms. The zero-order valence-corrected chi connectivity index (χ0v) is 18.4. The number of fused-ring (bicyclic) bond motifs is 3. The van der Waals surface area contributed by atoms with Crippen LogP contribution >= 0.6 is 11.6 Å². The predicted octanol–water partition coefficient (Wildman–Crippen LogP) is 6.17. The molecule has 0 atom stereocenters. The number of hydrogen-bond donors (Lipinski definition) is 0. The third kappa shape index (κ3) is 4.23. The van der Waals surface area contributed by atoms with E-state index in [2.05, 4.69) is 27.0 Å². The van der Waals surface area contributed by atoms with Gasteiger partial charge in [0, 0.05) is 16.6 Å². The van der Waals surface area contributed by atoms with Crippen LogP contribution in [-0.2, 0) is 0 Å². The number of rotatable bonds is 4. The van der Waals surface area contributed by atoms with Crippen molar-refractivity contribution in [3.63, 3.8) is 0 Å². The van der Waals surface area contributed by atoms with Gasteiger partial charge in [-0.05, 0) is 54.8 Å². The molecule has 2 aromatic heterocycles. The second-order valence-electron chi connectivity index (χ2n) is 8.09. The molecule has 0 aliphatic heterocycles. The second kappa shape index (κ2) is 8.30. The number of hydrogen-bond acceptors (Lipinski definition) is 4. The number of nitrogens with zero attached hydrogens (tertiary/aromatic N) is 5. The summed E-state index contributed by atoms with van der Waals surface area (Å²) in [7, 11) is 0. The highest BCUT2D eigenvalue weighted by atomic mass is 35.5. The van der Waals surface area contributed by atoms with Gasteiger partial charge in [-0.3, -0.25) is 0 Å². The van der Waals surface area contributed by atoms with Crippen LogP contribution in [0.3, 0.4) is 0 Å². The third-order valence-electron chi connectivity index (χ3n) is 5.71. The Kier molecular flexibility index (Phi) is 5.51. The summed E-state index contributed by atoms with van der Waals surface area (Å²) in [5.41, 5.74) is -1.78. The third-order valence-corrected chi connectivity index (χ3v) is 5.95. The maximum absolute atomic E-state index is 14.5. The summed E-state index contributed by atoms with van der Waals surface area (Å²) in [6.07, 6.45) is -7.64. The minimum absolute atomic E-state index is 0.0117.